The number of benzene rings is 2. The predicted molar refractivity (Wildman–Crippen MR) is 111 cm³/mol. The molecule has 0 spiro atoms. The van der Waals surface area contributed by atoms with Crippen molar-refractivity contribution in [1.82, 2.24) is 10.2 Å². The first-order chi connectivity index (χ1) is 13.6. The summed E-state index contributed by atoms with van der Waals surface area (Å²) < 4.78 is 0. The largest absolute Gasteiger partial charge is 0.349 e. The summed E-state index contributed by atoms with van der Waals surface area (Å²) in [7, 11) is 0. The Kier molecular flexibility index (Phi) is 5.64. The topological polar surface area (TPSA) is 61.4 Å². The predicted octanol–water partition coefficient (Wildman–Crippen LogP) is 3.62. The van der Waals surface area contributed by atoms with Crippen molar-refractivity contribution in [3.8, 4) is 0 Å². The highest BCUT2D eigenvalue weighted by molar-refractivity contribution is 6.30. The Morgan fingerprint density at radius 3 is 2.75 bits per heavy atom. The lowest BCUT2D eigenvalue weighted by atomic mass is 9.99. The van der Waals surface area contributed by atoms with Crippen LogP contribution in [0.5, 0.6) is 0 Å². The second-order valence-corrected chi connectivity index (χ2v) is 8.01. The molecule has 0 aromatic heterocycles. The highest BCUT2D eigenvalue weighted by Crippen LogP contribution is 2.25. The lowest BCUT2D eigenvalue weighted by Crippen LogP contribution is -2.44. The van der Waals surface area contributed by atoms with Crippen LogP contribution in [0.2, 0.25) is 5.02 Å². The molecule has 0 unspecified atom stereocenters. The average molecular weight is 398 g/mol. The number of likely N-dealkylation sites (tertiary alicyclic amines) is 1. The first-order valence-electron chi connectivity index (χ1n) is 9.77. The summed E-state index contributed by atoms with van der Waals surface area (Å²) in [5.74, 6) is 0.0345. The Labute approximate surface area is 170 Å². The highest BCUT2D eigenvalue weighted by atomic mass is 35.5. The van der Waals surface area contributed by atoms with Crippen LogP contribution in [0.15, 0.2) is 42.5 Å². The number of aryl methyl sites for hydroxylation is 1. The third kappa shape index (κ3) is 4.54. The summed E-state index contributed by atoms with van der Waals surface area (Å²) in [6.07, 6.45) is 3.24. The summed E-state index contributed by atoms with van der Waals surface area (Å²) in [4.78, 5) is 26.4. The zero-order valence-electron chi connectivity index (χ0n) is 15.7. The van der Waals surface area contributed by atoms with Crippen LogP contribution >= 0.6 is 11.6 Å². The first-order valence-corrected chi connectivity index (χ1v) is 10.1. The summed E-state index contributed by atoms with van der Waals surface area (Å²) in [5, 5.41) is 6.67. The maximum atomic E-state index is 12.4. The molecule has 5 nitrogen and oxygen atoms in total. The van der Waals surface area contributed by atoms with E-state index < -0.39 is 0 Å². The van der Waals surface area contributed by atoms with Crippen molar-refractivity contribution >= 4 is 29.1 Å². The lowest BCUT2D eigenvalue weighted by Gasteiger charge is -2.32. The molecule has 1 fully saturated rings. The van der Waals surface area contributed by atoms with E-state index in [0.717, 1.165) is 44.6 Å². The third-order valence-electron chi connectivity index (χ3n) is 5.49. The molecule has 0 bridgehead atoms. The molecule has 2 aliphatic heterocycles. The minimum atomic E-state index is -0.0635. The molecule has 2 heterocycles. The Morgan fingerprint density at radius 2 is 1.96 bits per heavy atom. The summed E-state index contributed by atoms with van der Waals surface area (Å²) in [6.45, 7) is 2.73. The van der Waals surface area contributed by atoms with Crippen molar-refractivity contribution in [1.29, 1.82) is 0 Å². The van der Waals surface area contributed by atoms with Gasteiger partial charge in [-0.3, -0.25) is 14.5 Å². The Morgan fingerprint density at radius 1 is 1.14 bits per heavy atom. The molecule has 4 rings (SSSR count). The molecule has 2 N–H and O–H groups in total. The highest BCUT2D eigenvalue weighted by Gasteiger charge is 2.22. The summed E-state index contributed by atoms with van der Waals surface area (Å²) >= 11 is 5.97. The van der Waals surface area contributed by atoms with E-state index in [-0.39, 0.29) is 17.9 Å². The number of hydrogen-bond acceptors (Lipinski definition) is 3. The van der Waals surface area contributed by atoms with Crippen LogP contribution in [0.3, 0.4) is 0 Å². The molecule has 0 atom stereocenters. The lowest BCUT2D eigenvalue weighted by molar-refractivity contribution is -0.116. The van der Waals surface area contributed by atoms with E-state index in [2.05, 4.69) is 33.7 Å². The number of fused-ring (bicyclic) bond motifs is 1. The molecule has 0 radical (unpaired) electrons. The number of anilines is 1. The van der Waals surface area contributed by atoms with Crippen molar-refractivity contribution in [2.24, 2.45) is 0 Å². The number of amides is 2. The molecule has 2 aromatic carbocycles. The van der Waals surface area contributed by atoms with Gasteiger partial charge in [0, 0.05) is 48.4 Å². The Balaban J connectivity index is 1.29. The van der Waals surface area contributed by atoms with Crippen LogP contribution < -0.4 is 10.6 Å². The fourth-order valence-electron chi connectivity index (χ4n) is 3.91. The van der Waals surface area contributed by atoms with Gasteiger partial charge in [0.05, 0.1) is 0 Å². The van der Waals surface area contributed by atoms with Gasteiger partial charge in [-0.25, -0.2) is 0 Å². The fourth-order valence-corrected chi connectivity index (χ4v) is 4.10. The van der Waals surface area contributed by atoms with E-state index in [1.165, 1.54) is 11.1 Å². The minimum absolute atomic E-state index is 0.0635. The molecule has 28 heavy (non-hydrogen) atoms. The van der Waals surface area contributed by atoms with E-state index in [1.54, 1.807) is 24.3 Å². The third-order valence-corrected chi connectivity index (χ3v) is 5.72. The van der Waals surface area contributed by atoms with Crippen LogP contribution in [-0.2, 0) is 17.8 Å². The molecule has 1 saturated heterocycles. The van der Waals surface area contributed by atoms with Crippen LogP contribution in [0.4, 0.5) is 5.69 Å². The summed E-state index contributed by atoms with van der Waals surface area (Å²) in [6, 6.07) is 13.6. The van der Waals surface area contributed by atoms with Crippen molar-refractivity contribution in [3.63, 3.8) is 0 Å². The van der Waals surface area contributed by atoms with Gasteiger partial charge in [-0.05, 0) is 54.7 Å². The fraction of sp³-hybridized carbons (Fsp3) is 0.364. The SMILES string of the molecule is O=C1CCc2ccc(CN3CCC(NC(=O)c4cccc(Cl)c4)CC3)cc2N1. The average Bonchev–Trinajstić information content (AvgIpc) is 2.69. The smallest absolute Gasteiger partial charge is 0.251 e. The molecule has 2 amide bonds. The molecule has 6 heteroatoms. The van der Waals surface area contributed by atoms with Crippen molar-refractivity contribution in [2.75, 3.05) is 18.4 Å². The number of halogens is 1. The van der Waals surface area contributed by atoms with Gasteiger partial charge in [-0.15, -0.1) is 0 Å². The second kappa shape index (κ2) is 8.33. The second-order valence-electron chi connectivity index (χ2n) is 7.57. The number of carbonyl (C=O) groups excluding carboxylic acids is 2. The van der Waals surface area contributed by atoms with Crippen molar-refractivity contribution in [2.45, 2.75) is 38.3 Å². The van der Waals surface area contributed by atoms with Gasteiger partial charge in [-0.1, -0.05) is 29.8 Å². The van der Waals surface area contributed by atoms with Crippen LogP contribution in [0, 0.1) is 0 Å². The normalized spacial score (nSPS) is 17.7. The van der Waals surface area contributed by atoms with Gasteiger partial charge in [0.25, 0.3) is 5.91 Å². The quantitative estimate of drug-likeness (QED) is 0.828. The van der Waals surface area contributed by atoms with E-state index in [4.69, 9.17) is 11.6 Å². The van der Waals surface area contributed by atoms with Crippen molar-refractivity contribution < 1.29 is 9.59 Å². The minimum Gasteiger partial charge on any atom is -0.349 e. The van der Waals surface area contributed by atoms with Crippen LogP contribution in [-0.4, -0.2) is 35.8 Å². The maximum Gasteiger partial charge on any atom is 0.251 e. The molecular formula is C22H24ClN3O2. The molecule has 2 aliphatic rings. The van der Waals surface area contributed by atoms with Gasteiger partial charge in [0.2, 0.25) is 5.91 Å². The van der Waals surface area contributed by atoms with Gasteiger partial charge >= 0.3 is 0 Å². The van der Waals surface area contributed by atoms with Gasteiger partial charge < -0.3 is 10.6 Å². The zero-order chi connectivity index (χ0) is 19.5. The van der Waals surface area contributed by atoms with Gasteiger partial charge in [-0.2, -0.15) is 0 Å². The number of nitrogens with one attached hydrogen (secondary N) is 2. The Bertz CT molecular complexity index is 891. The zero-order valence-corrected chi connectivity index (χ0v) is 16.5. The van der Waals surface area contributed by atoms with Crippen LogP contribution in [0.1, 0.15) is 40.7 Å². The number of carbonyl (C=O) groups is 2. The summed E-state index contributed by atoms with van der Waals surface area (Å²) in [5.41, 5.74) is 3.98. The van der Waals surface area contributed by atoms with E-state index >= 15 is 0 Å². The monoisotopic (exact) mass is 397 g/mol. The molecular weight excluding hydrogens is 374 g/mol. The van der Waals surface area contributed by atoms with E-state index in [0.29, 0.717) is 17.0 Å². The number of rotatable bonds is 4. The number of hydrogen-bond donors (Lipinski definition) is 2. The molecule has 0 saturated carbocycles. The van der Waals surface area contributed by atoms with Crippen LogP contribution in [0.25, 0.3) is 0 Å². The molecule has 0 aliphatic carbocycles. The standard InChI is InChI=1S/C22H24ClN3O2/c23-18-3-1-2-17(13-18)22(28)24-19-8-10-26(11-9-19)14-15-4-5-16-6-7-21(27)25-20(16)12-15/h1-5,12-13,19H,6-11,14H2,(H,24,28)(H,25,27). The van der Waals surface area contributed by atoms with Crippen molar-refractivity contribution in [3.05, 3.63) is 64.2 Å². The Hall–Kier alpha value is -2.37. The van der Waals surface area contributed by atoms with E-state index in [1.807, 2.05) is 0 Å². The first kappa shape index (κ1) is 19.0. The van der Waals surface area contributed by atoms with E-state index in [9.17, 15) is 9.59 Å². The molecule has 146 valence electrons. The van der Waals surface area contributed by atoms with Gasteiger partial charge in [0.15, 0.2) is 0 Å². The number of nitrogens with zero attached hydrogens (tertiary/aromatic N) is 1. The number of piperidine rings is 1. The maximum absolute atomic E-state index is 12.4. The molecule has 2 aromatic rings. The van der Waals surface area contributed by atoms with Gasteiger partial charge in [0.1, 0.15) is 0 Å².